The lowest BCUT2D eigenvalue weighted by Gasteiger charge is -2.27. The number of fused-ring (bicyclic) bond motifs is 1. The summed E-state index contributed by atoms with van der Waals surface area (Å²) in [7, 11) is 0. The van der Waals surface area contributed by atoms with Crippen molar-refractivity contribution >= 4 is 22.4 Å². The van der Waals surface area contributed by atoms with E-state index in [1.807, 2.05) is 18.2 Å². The van der Waals surface area contributed by atoms with Crippen LogP contribution in [0, 0.1) is 26.7 Å². The van der Waals surface area contributed by atoms with Gasteiger partial charge in [-0.05, 0) is 110 Å². The molecule has 0 saturated heterocycles. The fourth-order valence-corrected chi connectivity index (χ4v) is 7.12. The van der Waals surface area contributed by atoms with E-state index in [1.165, 1.54) is 53.6 Å². The topological polar surface area (TPSA) is 58.0 Å². The molecule has 5 nitrogen and oxygen atoms in total. The third-order valence-electron chi connectivity index (χ3n) is 9.45. The summed E-state index contributed by atoms with van der Waals surface area (Å²) in [5.74, 6) is 3.34. The van der Waals surface area contributed by atoms with Crippen molar-refractivity contribution in [2.24, 2.45) is 10.9 Å². The minimum Gasteiger partial charge on any atom is -0.506 e. The smallest absolute Gasteiger partial charge is 0.219 e. The van der Waals surface area contributed by atoms with Crippen molar-refractivity contribution in [3.63, 3.8) is 0 Å². The number of benzene rings is 3. The first kappa shape index (κ1) is 30.2. The van der Waals surface area contributed by atoms with Crippen LogP contribution in [0.1, 0.15) is 99.6 Å². The minimum absolute atomic E-state index is 0.0716. The van der Waals surface area contributed by atoms with Gasteiger partial charge in [-0.2, -0.15) is 0 Å². The molecule has 3 aromatic carbocycles. The van der Waals surface area contributed by atoms with E-state index in [1.54, 1.807) is 0 Å². The molecule has 5 heteroatoms. The number of phenolic OH excluding ortho intramolecular Hbond substituents is 1. The van der Waals surface area contributed by atoms with Crippen LogP contribution in [-0.2, 0) is 5.41 Å². The van der Waals surface area contributed by atoms with E-state index in [4.69, 9.17) is 14.7 Å². The van der Waals surface area contributed by atoms with Crippen LogP contribution in [0.2, 0.25) is 0 Å². The Morgan fingerprint density at radius 3 is 2.27 bits per heavy atom. The van der Waals surface area contributed by atoms with Gasteiger partial charge in [0.1, 0.15) is 22.9 Å². The summed E-state index contributed by atoms with van der Waals surface area (Å²) in [6.07, 6.45) is 5.14. The molecule has 1 fully saturated rings. The number of aryl methyl sites for hydroxylation is 3. The van der Waals surface area contributed by atoms with Gasteiger partial charge >= 0.3 is 0 Å². The lowest BCUT2D eigenvalue weighted by atomic mass is 9.86. The molecule has 1 aromatic heterocycles. The largest absolute Gasteiger partial charge is 0.506 e. The molecular formula is C39H47N3O2. The number of anilines is 1. The first-order valence-corrected chi connectivity index (χ1v) is 16.3. The SMILES string of the molecule is Cc1cc(C)c(N2C[C@H](C3CCCC3)N=C2c2cc(Oc3ccc4cc(C(C)(C)C)cc(O)c4n3)cc(C(C)C)c2)c(C)c1. The Morgan fingerprint density at radius 1 is 0.909 bits per heavy atom. The van der Waals surface area contributed by atoms with Crippen LogP contribution in [0.4, 0.5) is 5.69 Å². The molecule has 1 saturated carbocycles. The number of aromatic nitrogens is 1. The molecule has 230 valence electrons. The van der Waals surface area contributed by atoms with E-state index in [-0.39, 0.29) is 11.2 Å². The summed E-state index contributed by atoms with van der Waals surface area (Å²) in [5.41, 5.74) is 8.95. The van der Waals surface area contributed by atoms with Crippen LogP contribution in [0.25, 0.3) is 10.9 Å². The molecule has 44 heavy (non-hydrogen) atoms. The van der Waals surface area contributed by atoms with Crippen LogP contribution in [0.5, 0.6) is 17.4 Å². The molecule has 0 amide bonds. The predicted molar refractivity (Wildman–Crippen MR) is 183 cm³/mol. The van der Waals surface area contributed by atoms with Gasteiger partial charge in [0.2, 0.25) is 5.88 Å². The Morgan fingerprint density at radius 2 is 1.61 bits per heavy atom. The maximum absolute atomic E-state index is 10.9. The van der Waals surface area contributed by atoms with Crippen molar-refractivity contribution in [2.75, 3.05) is 11.4 Å². The number of amidine groups is 1. The molecule has 0 radical (unpaired) electrons. The maximum atomic E-state index is 10.9. The van der Waals surface area contributed by atoms with Gasteiger partial charge in [0.05, 0.1) is 6.04 Å². The Labute approximate surface area is 263 Å². The van der Waals surface area contributed by atoms with Gasteiger partial charge in [0, 0.05) is 29.2 Å². The number of hydrogen-bond donors (Lipinski definition) is 1. The minimum atomic E-state index is -0.0716. The normalized spacial score (nSPS) is 17.6. The molecule has 0 unspecified atom stereocenters. The van der Waals surface area contributed by atoms with Crippen molar-refractivity contribution in [3.05, 3.63) is 88.0 Å². The summed E-state index contributed by atoms with van der Waals surface area (Å²) in [6, 6.07) is 19.2. The molecule has 6 rings (SSSR count). The van der Waals surface area contributed by atoms with Crippen molar-refractivity contribution in [2.45, 2.75) is 98.4 Å². The zero-order chi connectivity index (χ0) is 31.3. The summed E-state index contributed by atoms with van der Waals surface area (Å²) in [4.78, 5) is 12.7. The number of nitrogens with zero attached hydrogens (tertiary/aromatic N) is 3. The van der Waals surface area contributed by atoms with Crippen molar-refractivity contribution in [3.8, 4) is 17.4 Å². The van der Waals surface area contributed by atoms with Crippen LogP contribution < -0.4 is 9.64 Å². The van der Waals surface area contributed by atoms with Gasteiger partial charge in [-0.15, -0.1) is 0 Å². The number of ether oxygens (including phenoxy) is 1. The number of pyridine rings is 1. The van der Waals surface area contributed by atoms with E-state index < -0.39 is 0 Å². The summed E-state index contributed by atoms with van der Waals surface area (Å²) in [5, 5.41) is 11.8. The lowest BCUT2D eigenvalue weighted by Crippen LogP contribution is -2.32. The highest BCUT2D eigenvalue weighted by Crippen LogP contribution is 2.39. The van der Waals surface area contributed by atoms with E-state index in [0.29, 0.717) is 29.3 Å². The van der Waals surface area contributed by atoms with Crippen LogP contribution in [0.15, 0.2) is 59.6 Å². The van der Waals surface area contributed by atoms with Gasteiger partial charge in [-0.3, -0.25) is 4.99 Å². The molecule has 2 heterocycles. The summed E-state index contributed by atoms with van der Waals surface area (Å²) in [6.45, 7) is 18.4. The molecule has 4 aromatic rings. The molecule has 2 aliphatic rings. The number of aromatic hydroxyl groups is 1. The highest BCUT2D eigenvalue weighted by molar-refractivity contribution is 6.12. The Kier molecular flexibility index (Phi) is 7.94. The zero-order valence-electron chi connectivity index (χ0n) is 27.7. The van der Waals surface area contributed by atoms with E-state index in [2.05, 4.69) is 96.7 Å². The van der Waals surface area contributed by atoms with Crippen LogP contribution in [0.3, 0.4) is 0 Å². The lowest BCUT2D eigenvalue weighted by molar-refractivity contribution is 0.453. The summed E-state index contributed by atoms with van der Waals surface area (Å²) < 4.78 is 6.47. The Bertz CT molecular complexity index is 1720. The second kappa shape index (κ2) is 11.6. The van der Waals surface area contributed by atoms with Crippen molar-refractivity contribution in [1.29, 1.82) is 0 Å². The van der Waals surface area contributed by atoms with Gasteiger partial charge in [-0.25, -0.2) is 4.98 Å². The highest BCUT2D eigenvalue weighted by Gasteiger charge is 2.35. The first-order chi connectivity index (χ1) is 20.9. The van der Waals surface area contributed by atoms with Gasteiger partial charge < -0.3 is 14.7 Å². The first-order valence-electron chi connectivity index (χ1n) is 16.3. The number of phenols is 1. The van der Waals surface area contributed by atoms with E-state index >= 15 is 0 Å². The third kappa shape index (κ3) is 5.94. The number of hydrogen-bond acceptors (Lipinski definition) is 5. The van der Waals surface area contributed by atoms with Crippen LogP contribution >= 0.6 is 0 Å². The molecule has 1 atom stereocenters. The fourth-order valence-electron chi connectivity index (χ4n) is 7.12. The molecule has 1 N–H and O–H groups in total. The second-order valence-corrected chi connectivity index (χ2v) is 14.4. The predicted octanol–water partition coefficient (Wildman–Crippen LogP) is 9.90. The highest BCUT2D eigenvalue weighted by atomic mass is 16.5. The Balaban J connectivity index is 1.41. The fraction of sp³-hybridized carbons (Fsp3) is 0.436. The zero-order valence-corrected chi connectivity index (χ0v) is 27.7. The number of rotatable bonds is 6. The van der Waals surface area contributed by atoms with Gasteiger partial charge in [0.15, 0.2) is 0 Å². The molecule has 0 spiro atoms. The van der Waals surface area contributed by atoms with Crippen molar-refractivity contribution < 1.29 is 9.84 Å². The third-order valence-corrected chi connectivity index (χ3v) is 9.45. The maximum Gasteiger partial charge on any atom is 0.219 e. The molecule has 0 bridgehead atoms. The average molecular weight is 590 g/mol. The van der Waals surface area contributed by atoms with E-state index in [0.717, 1.165) is 34.6 Å². The van der Waals surface area contributed by atoms with Gasteiger partial charge in [-0.1, -0.05) is 65.2 Å². The quantitative estimate of drug-likeness (QED) is 0.243. The molecular weight excluding hydrogens is 542 g/mol. The summed E-state index contributed by atoms with van der Waals surface area (Å²) >= 11 is 0. The monoisotopic (exact) mass is 589 g/mol. The average Bonchev–Trinajstić information content (AvgIpc) is 3.63. The standard InChI is InChI=1S/C39H47N3O2/c1-23(2)29-17-30(20-32(19-29)44-35-14-13-28-18-31(39(6,7)8)21-34(43)36(28)41-35)38-40-33(27-11-9-10-12-27)22-42(38)37-25(4)15-24(3)16-26(37)5/h13-21,23,27,33,43H,9-12,22H2,1-8H3/t33-/m1/s1. The molecule has 1 aliphatic carbocycles. The van der Waals surface area contributed by atoms with Crippen molar-refractivity contribution in [1.82, 2.24) is 4.98 Å². The molecule has 1 aliphatic heterocycles. The Hall–Kier alpha value is -3.86. The van der Waals surface area contributed by atoms with Gasteiger partial charge in [0.25, 0.3) is 0 Å². The number of aliphatic imine (C=N–C) groups is 1. The van der Waals surface area contributed by atoms with Crippen LogP contribution in [-0.4, -0.2) is 28.5 Å². The second-order valence-electron chi connectivity index (χ2n) is 14.4. The van der Waals surface area contributed by atoms with E-state index in [9.17, 15) is 5.11 Å².